The lowest BCUT2D eigenvalue weighted by Crippen LogP contribution is -2.55. The largest absolute Gasteiger partial charge is 0.395 e. The number of urea groups is 1. The molecule has 8 heteroatoms. The first-order valence-electron chi connectivity index (χ1n) is 9.80. The standard InChI is InChI=1S/C19H32N4O3Si/c1-18(2)14-11-21-15(13(14)12-23(18)17(26)20-9-10-24)22-16(25)19(7-6-8-19)27(3,4)5/h24H,6-12H2,1-5H3,(H,20,26)(H,21,22,25). The van der Waals surface area contributed by atoms with E-state index in [1.807, 2.05) is 13.8 Å². The molecule has 3 aliphatic rings. The van der Waals surface area contributed by atoms with E-state index in [1.165, 1.54) is 0 Å². The van der Waals surface area contributed by atoms with Gasteiger partial charge in [0.25, 0.3) is 0 Å². The summed E-state index contributed by atoms with van der Waals surface area (Å²) in [6.07, 6.45) is 3.05. The molecule has 3 N–H and O–H groups in total. The Balaban J connectivity index is 1.75. The Labute approximate surface area is 162 Å². The zero-order valence-corrected chi connectivity index (χ0v) is 18.1. The van der Waals surface area contributed by atoms with Crippen LogP contribution in [0.4, 0.5) is 4.79 Å². The van der Waals surface area contributed by atoms with Crippen LogP contribution < -0.4 is 10.6 Å². The highest BCUT2D eigenvalue weighted by Crippen LogP contribution is 2.55. The van der Waals surface area contributed by atoms with E-state index in [0.717, 1.165) is 30.4 Å². The SMILES string of the molecule is CC1(C)C2=C(CN1C(=O)NCCO)C(NC(=O)C1([Si](C)(C)C)CCC1)=NC2. The van der Waals surface area contributed by atoms with Crippen molar-refractivity contribution in [3.05, 3.63) is 11.1 Å². The molecule has 3 rings (SSSR count). The van der Waals surface area contributed by atoms with Gasteiger partial charge in [0.15, 0.2) is 0 Å². The summed E-state index contributed by atoms with van der Waals surface area (Å²) in [6, 6.07) is -0.202. The first-order chi connectivity index (χ1) is 12.5. The average molecular weight is 393 g/mol. The van der Waals surface area contributed by atoms with Gasteiger partial charge in [-0.1, -0.05) is 26.1 Å². The van der Waals surface area contributed by atoms with Crippen molar-refractivity contribution in [2.24, 2.45) is 4.99 Å². The fraction of sp³-hybridized carbons (Fsp3) is 0.737. The fourth-order valence-electron chi connectivity index (χ4n) is 4.52. The molecule has 1 fully saturated rings. The highest BCUT2D eigenvalue weighted by Gasteiger charge is 2.54. The number of nitrogens with one attached hydrogen (secondary N) is 2. The topological polar surface area (TPSA) is 94.0 Å². The maximum absolute atomic E-state index is 13.2. The van der Waals surface area contributed by atoms with Gasteiger partial charge in [0.2, 0.25) is 5.91 Å². The summed E-state index contributed by atoms with van der Waals surface area (Å²) in [4.78, 5) is 32.0. The molecule has 0 aromatic rings. The van der Waals surface area contributed by atoms with E-state index in [1.54, 1.807) is 4.90 Å². The van der Waals surface area contributed by atoms with Crippen molar-refractivity contribution in [2.75, 3.05) is 26.2 Å². The van der Waals surface area contributed by atoms with Crippen molar-refractivity contribution in [1.82, 2.24) is 15.5 Å². The van der Waals surface area contributed by atoms with E-state index in [4.69, 9.17) is 5.11 Å². The van der Waals surface area contributed by atoms with E-state index < -0.39 is 13.6 Å². The third-order valence-electron chi connectivity index (χ3n) is 6.72. The van der Waals surface area contributed by atoms with Crippen molar-refractivity contribution < 1.29 is 14.7 Å². The van der Waals surface area contributed by atoms with E-state index in [2.05, 4.69) is 35.3 Å². The second kappa shape index (κ2) is 6.74. The number of rotatable bonds is 4. The van der Waals surface area contributed by atoms with Gasteiger partial charge in [-0.15, -0.1) is 0 Å². The average Bonchev–Trinajstić information content (AvgIpc) is 3.01. The number of amides is 3. The van der Waals surface area contributed by atoms with Gasteiger partial charge >= 0.3 is 6.03 Å². The van der Waals surface area contributed by atoms with Gasteiger partial charge in [0.05, 0.1) is 33.3 Å². The first kappa shape index (κ1) is 20.1. The minimum absolute atomic E-state index is 0.0886. The number of amidine groups is 1. The molecule has 0 bridgehead atoms. The molecule has 3 amide bonds. The van der Waals surface area contributed by atoms with Crippen molar-refractivity contribution in [2.45, 2.75) is 63.3 Å². The summed E-state index contributed by atoms with van der Waals surface area (Å²) in [5.41, 5.74) is 1.60. The highest BCUT2D eigenvalue weighted by molar-refractivity contribution is 6.82. The molecule has 27 heavy (non-hydrogen) atoms. The zero-order chi connectivity index (χ0) is 20.0. The van der Waals surface area contributed by atoms with Crippen molar-refractivity contribution >= 4 is 25.8 Å². The molecule has 150 valence electrons. The van der Waals surface area contributed by atoms with Crippen LogP contribution in [0.3, 0.4) is 0 Å². The van der Waals surface area contributed by atoms with Gasteiger partial charge in [-0.25, -0.2) is 4.79 Å². The first-order valence-corrected chi connectivity index (χ1v) is 13.3. The van der Waals surface area contributed by atoms with Gasteiger partial charge in [0, 0.05) is 17.2 Å². The van der Waals surface area contributed by atoms with Crippen LogP contribution in [0.15, 0.2) is 16.1 Å². The molecule has 0 saturated heterocycles. The fourth-order valence-corrected chi connectivity index (χ4v) is 7.11. The van der Waals surface area contributed by atoms with Gasteiger partial charge < -0.3 is 20.6 Å². The number of nitrogens with zero attached hydrogens (tertiary/aromatic N) is 2. The highest BCUT2D eigenvalue weighted by atomic mass is 28.3. The predicted molar refractivity (Wildman–Crippen MR) is 109 cm³/mol. The maximum atomic E-state index is 13.2. The van der Waals surface area contributed by atoms with Gasteiger partial charge in [-0.3, -0.25) is 9.79 Å². The second-order valence-corrected chi connectivity index (χ2v) is 14.8. The maximum Gasteiger partial charge on any atom is 0.318 e. The van der Waals surface area contributed by atoms with Crippen LogP contribution in [-0.2, 0) is 4.79 Å². The quantitative estimate of drug-likeness (QED) is 0.638. The van der Waals surface area contributed by atoms with Gasteiger partial charge in [-0.2, -0.15) is 0 Å². The molecule has 1 saturated carbocycles. The number of aliphatic hydroxyl groups excluding tert-OH is 1. The zero-order valence-electron chi connectivity index (χ0n) is 17.1. The van der Waals surface area contributed by atoms with E-state index in [-0.39, 0.29) is 30.1 Å². The smallest absolute Gasteiger partial charge is 0.318 e. The number of hydrogen-bond acceptors (Lipinski definition) is 4. The molecule has 2 heterocycles. The Bertz CT molecular complexity index is 717. The van der Waals surface area contributed by atoms with E-state index >= 15 is 0 Å². The van der Waals surface area contributed by atoms with Gasteiger partial charge in [0.1, 0.15) is 5.84 Å². The minimum Gasteiger partial charge on any atom is -0.395 e. The molecule has 7 nitrogen and oxygen atoms in total. The lowest BCUT2D eigenvalue weighted by Gasteiger charge is -2.49. The minimum atomic E-state index is -1.65. The Hall–Kier alpha value is -1.67. The van der Waals surface area contributed by atoms with Crippen LogP contribution in [0.1, 0.15) is 33.1 Å². The van der Waals surface area contributed by atoms with Gasteiger partial charge in [-0.05, 0) is 32.3 Å². The number of carbonyl (C=O) groups excluding carboxylic acids is 2. The predicted octanol–water partition coefficient (Wildman–Crippen LogP) is 1.87. The molecule has 0 atom stereocenters. The third kappa shape index (κ3) is 3.12. The molecule has 0 spiro atoms. The third-order valence-corrected chi connectivity index (χ3v) is 10.3. The molecular weight excluding hydrogens is 360 g/mol. The second-order valence-electron chi connectivity index (χ2n) is 9.36. The number of hydrogen-bond donors (Lipinski definition) is 3. The summed E-state index contributed by atoms with van der Waals surface area (Å²) in [6.45, 7) is 11.9. The molecule has 1 aliphatic carbocycles. The van der Waals surface area contributed by atoms with Crippen LogP contribution in [0, 0.1) is 0 Å². The molecule has 0 aromatic heterocycles. The Morgan fingerprint density at radius 3 is 2.44 bits per heavy atom. The Morgan fingerprint density at radius 2 is 1.93 bits per heavy atom. The number of aliphatic hydroxyl groups is 1. The monoisotopic (exact) mass is 392 g/mol. The van der Waals surface area contributed by atoms with Crippen molar-refractivity contribution in [1.29, 1.82) is 0 Å². The number of carbonyl (C=O) groups is 2. The normalized spacial score (nSPS) is 22.9. The van der Waals surface area contributed by atoms with E-state index in [9.17, 15) is 9.59 Å². The molecule has 0 unspecified atom stereocenters. The van der Waals surface area contributed by atoms with Crippen molar-refractivity contribution in [3.8, 4) is 0 Å². The number of aliphatic imine (C=N–C) groups is 1. The summed E-state index contributed by atoms with van der Waals surface area (Å²) < 4.78 is 0. The van der Waals surface area contributed by atoms with Crippen molar-refractivity contribution in [3.63, 3.8) is 0 Å². The van der Waals surface area contributed by atoms with E-state index in [0.29, 0.717) is 18.9 Å². The summed E-state index contributed by atoms with van der Waals surface area (Å²) in [7, 11) is -1.65. The lowest BCUT2D eigenvalue weighted by molar-refractivity contribution is -0.125. The van der Waals surface area contributed by atoms with Crippen LogP contribution in [0.2, 0.25) is 24.7 Å². The lowest BCUT2D eigenvalue weighted by atomic mass is 9.83. The Morgan fingerprint density at radius 1 is 1.26 bits per heavy atom. The molecule has 0 aromatic carbocycles. The van der Waals surface area contributed by atoms with Crippen LogP contribution in [0.25, 0.3) is 0 Å². The molecular formula is C19H32N4O3Si. The molecule has 2 aliphatic heterocycles. The summed E-state index contributed by atoms with van der Waals surface area (Å²) in [5.74, 6) is 0.756. The van der Waals surface area contributed by atoms with Crippen LogP contribution in [0.5, 0.6) is 0 Å². The molecule has 0 radical (unpaired) electrons. The Kier molecular flexibility index (Phi) is 5.01. The summed E-state index contributed by atoms with van der Waals surface area (Å²) >= 11 is 0. The van der Waals surface area contributed by atoms with Crippen LogP contribution >= 0.6 is 0 Å². The van der Waals surface area contributed by atoms with Crippen LogP contribution in [-0.4, -0.2) is 67.6 Å². The summed E-state index contributed by atoms with van der Waals surface area (Å²) in [5, 5.41) is 14.6.